The molecule has 0 atom stereocenters. The molecule has 0 unspecified atom stereocenters. The summed E-state index contributed by atoms with van der Waals surface area (Å²) in [4.78, 5) is 5.72. The Morgan fingerprint density at radius 3 is 2.44 bits per heavy atom. The number of hydrogen-bond acceptors (Lipinski definition) is 3. The van der Waals surface area contributed by atoms with E-state index in [1.54, 1.807) is 18.4 Å². The summed E-state index contributed by atoms with van der Waals surface area (Å²) in [7, 11) is 1.67. The number of aryl methyl sites for hydroxylation is 1. The maximum atomic E-state index is 5.14. The van der Waals surface area contributed by atoms with Gasteiger partial charge in [-0.3, -0.25) is 0 Å². The van der Waals surface area contributed by atoms with Gasteiger partial charge in [0.15, 0.2) is 4.80 Å². The number of ether oxygens (including phenoxy) is 1. The summed E-state index contributed by atoms with van der Waals surface area (Å²) >= 11 is 1.67. The Labute approximate surface area is 111 Å². The molecular formula is C14H18N2OS. The highest BCUT2D eigenvalue weighted by molar-refractivity contribution is 7.07. The fourth-order valence-electron chi connectivity index (χ4n) is 1.88. The predicted molar refractivity (Wildman–Crippen MR) is 75.6 cm³/mol. The zero-order valence-corrected chi connectivity index (χ0v) is 12.0. The Kier molecular flexibility index (Phi) is 3.87. The number of hydrogen-bond donors (Lipinski definition) is 0. The van der Waals surface area contributed by atoms with Gasteiger partial charge in [-0.1, -0.05) is 0 Å². The van der Waals surface area contributed by atoms with Crippen LogP contribution in [0, 0.1) is 6.92 Å². The van der Waals surface area contributed by atoms with E-state index in [0.29, 0.717) is 6.04 Å². The first-order valence-corrected chi connectivity index (χ1v) is 6.85. The molecule has 0 radical (unpaired) electrons. The number of benzene rings is 1. The van der Waals surface area contributed by atoms with Crippen molar-refractivity contribution in [3.05, 3.63) is 40.1 Å². The summed E-state index contributed by atoms with van der Waals surface area (Å²) in [6, 6.07) is 8.23. The average molecular weight is 262 g/mol. The van der Waals surface area contributed by atoms with Gasteiger partial charge in [-0.05, 0) is 45.0 Å². The van der Waals surface area contributed by atoms with E-state index in [2.05, 4.69) is 35.7 Å². The van der Waals surface area contributed by atoms with E-state index < -0.39 is 0 Å². The van der Waals surface area contributed by atoms with Gasteiger partial charge >= 0.3 is 0 Å². The van der Waals surface area contributed by atoms with Crippen LogP contribution in [0.1, 0.15) is 25.6 Å². The molecule has 0 aliphatic carbocycles. The molecule has 3 nitrogen and oxygen atoms in total. The molecular weight excluding hydrogens is 244 g/mol. The second kappa shape index (κ2) is 5.40. The van der Waals surface area contributed by atoms with Crippen molar-refractivity contribution in [2.24, 2.45) is 4.99 Å². The van der Waals surface area contributed by atoms with Gasteiger partial charge in [0.05, 0.1) is 12.8 Å². The first kappa shape index (κ1) is 12.9. The number of thiazole rings is 1. The number of nitrogens with zero attached hydrogens (tertiary/aromatic N) is 2. The Morgan fingerprint density at radius 2 is 1.89 bits per heavy atom. The lowest BCUT2D eigenvalue weighted by molar-refractivity contribution is 0.415. The third-order valence-electron chi connectivity index (χ3n) is 2.73. The van der Waals surface area contributed by atoms with Gasteiger partial charge in [-0.15, -0.1) is 11.3 Å². The zero-order valence-electron chi connectivity index (χ0n) is 11.2. The van der Waals surface area contributed by atoms with Crippen LogP contribution in [-0.2, 0) is 0 Å². The lowest BCUT2D eigenvalue weighted by Crippen LogP contribution is -2.17. The van der Waals surface area contributed by atoms with Crippen molar-refractivity contribution in [3.63, 3.8) is 0 Å². The van der Waals surface area contributed by atoms with Gasteiger partial charge < -0.3 is 9.30 Å². The van der Waals surface area contributed by atoms with Gasteiger partial charge in [0.25, 0.3) is 0 Å². The quantitative estimate of drug-likeness (QED) is 0.828. The predicted octanol–water partition coefficient (Wildman–Crippen LogP) is 3.68. The van der Waals surface area contributed by atoms with Crippen molar-refractivity contribution >= 4 is 17.0 Å². The van der Waals surface area contributed by atoms with E-state index in [0.717, 1.165) is 16.2 Å². The highest BCUT2D eigenvalue weighted by Gasteiger charge is 2.04. The first-order chi connectivity index (χ1) is 8.61. The average Bonchev–Trinajstić information content (AvgIpc) is 2.71. The third kappa shape index (κ3) is 2.64. The van der Waals surface area contributed by atoms with Crippen LogP contribution in [0.2, 0.25) is 0 Å². The van der Waals surface area contributed by atoms with Gasteiger partial charge in [-0.25, -0.2) is 4.99 Å². The molecule has 0 spiro atoms. The molecule has 0 saturated carbocycles. The van der Waals surface area contributed by atoms with Crippen LogP contribution in [0.4, 0.5) is 5.69 Å². The second-order valence-corrected chi connectivity index (χ2v) is 5.27. The molecule has 0 fully saturated rings. The maximum absolute atomic E-state index is 5.14. The molecule has 0 aliphatic rings. The maximum Gasteiger partial charge on any atom is 0.190 e. The van der Waals surface area contributed by atoms with Gasteiger partial charge in [0.1, 0.15) is 5.75 Å². The fraction of sp³-hybridized carbons (Fsp3) is 0.357. The van der Waals surface area contributed by atoms with Crippen molar-refractivity contribution < 1.29 is 4.74 Å². The van der Waals surface area contributed by atoms with Crippen molar-refractivity contribution in [1.29, 1.82) is 0 Å². The highest BCUT2D eigenvalue weighted by atomic mass is 32.1. The molecule has 4 heteroatoms. The molecule has 2 rings (SSSR count). The molecule has 1 heterocycles. The summed E-state index contributed by atoms with van der Waals surface area (Å²) in [5.41, 5.74) is 2.20. The molecule has 1 aromatic carbocycles. The number of aromatic nitrogens is 1. The van der Waals surface area contributed by atoms with Gasteiger partial charge in [0.2, 0.25) is 0 Å². The zero-order chi connectivity index (χ0) is 13.1. The lowest BCUT2D eigenvalue weighted by Gasteiger charge is -2.09. The summed E-state index contributed by atoms with van der Waals surface area (Å²) in [6.07, 6.45) is 0. The van der Waals surface area contributed by atoms with E-state index in [-0.39, 0.29) is 0 Å². The standard InChI is InChI=1S/C14H18N2OS/c1-10(2)16-11(3)9-18-14(16)15-12-5-7-13(17-4)8-6-12/h5-10H,1-4H3. The monoisotopic (exact) mass is 262 g/mol. The van der Waals surface area contributed by atoms with E-state index in [4.69, 9.17) is 4.74 Å². The minimum Gasteiger partial charge on any atom is -0.497 e. The molecule has 0 N–H and O–H groups in total. The summed E-state index contributed by atoms with van der Waals surface area (Å²) < 4.78 is 7.39. The Balaban J connectivity index is 2.43. The second-order valence-electron chi connectivity index (χ2n) is 4.43. The summed E-state index contributed by atoms with van der Waals surface area (Å²) in [6.45, 7) is 6.46. The summed E-state index contributed by atoms with van der Waals surface area (Å²) in [5.74, 6) is 0.855. The molecule has 1 aromatic heterocycles. The van der Waals surface area contributed by atoms with Crippen LogP contribution in [-0.4, -0.2) is 11.7 Å². The SMILES string of the molecule is COc1ccc(N=c2scc(C)n2C(C)C)cc1. The van der Waals surface area contributed by atoms with E-state index in [9.17, 15) is 0 Å². The van der Waals surface area contributed by atoms with E-state index >= 15 is 0 Å². The minimum absolute atomic E-state index is 0.424. The van der Waals surface area contributed by atoms with Crippen LogP contribution in [0.5, 0.6) is 5.75 Å². The van der Waals surface area contributed by atoms with Crippen molar-refractivity contribution in [2.75, 3.05) is 7.11 Å². The van der Waals surface area contributed by atoms with E-state index in [1.165, 1.54) is 5.69 Å². The van der Waals surface area contributed by atoms with Gasteiger partial charge in [0, 0.05) is 17.1 Å². The van der Waals surface area contributed by atoms with E-state index in [1.807, 2.05) is 24.3 Å². The van der Waals surface area contributed by atoms with Crippen LogP contribution >= 0.6 is 11.3 Å². The first-order valence-electron chi connectivity index (χ1n) is 5.97. The van der Waals surface area contributed by atoms with Crippen molar-refractivity contribution in [2.45, 2.75) is 26.8 Å². The smallest absolute Gasteiger partial charge is 0.190 e. The van der Waals surface area contributed by atoms with Crippen LogP contribution in [0.3, 0.4) is 0 Å². The molecule has 0 saturated heterocycles. The van der Waals surface area contributed by atoms with Crippen LogP contribution in [0.15, 0.2) is 34.6 Å². The Bertz CT molecular complexity index is 579. The van der Waals surface area contributed by atoms with Crippen LogP contribution < -0.4 is 9.54 Å². The molecule has 0 bridgehead atoms. The Morgan fingerprint density at radius 1 is 1.22 bits per heavy atom. The molecule has 0 aliphatic heterocycles. The topological polar surface area (TPSA) is 26.5 Å². The lowest BCUT2D eigenvalue weighted by atomic mass is 10.3. The largest absolute Gasteiger partial charge is 0.497 e. The highest BCUT2D eigenvalue weighted by Crippen LogP contribution is 2.18. The fourth-order valence-corrected chi connectivity index (χ4v) is 2.89. The molecule has 18 heavy (non-hydrogen) atoms. The normalized spacial score (nSPS) is 12.2. The number of rotatable bonds is 3. The third-order valence-corrected chi connectivity index (χ3v) is 3.69. The van der Waals surface area contributed by atoms with Gasteiger partial charge in [-0.2, -0.15) is 0 Å². The van der Waals surface area contributed by atoms with Crippen molar-refractivity contribution in [1.82, 2.24) is 4.57 Å². The number of methoxy groups -OCH3 is 1. The molecule has 2 aromatic rings. The van der Waals surface area contributed by atoms with Crippen LogP contribution in [0.25, 0.3) is 0 Å². The molecule has 0 amide bonds. The molecule has 96 valence electrons. The Hall–Kier alpha value is -1.55. The van der Waals surface area contributed by atoms with Crippen molar-refractivity contribution in [3.8, 4) is 5.75 Å². The summed E-state index contributed by atoms with van der Waals surface area (Å²) in [5, 5.41) is 2.14. The minimum atomic E-state index is 0.424.